The van der Waals surface area contributed by atoms with Crippen LogP contribution in [0.3, 0.4) is 0 Å². The maximum Gasteiger partial charge on any atom is 0.0614 e. The average Bonchev–Trinajstić information content (AvgIpc) is 3.19. The van der Waals surface area contributed by atoms with Crippen molar-refractivity contribution in [2.45, 2.75) is 105 Å². The first-order valence-corrected chi connectivity index (χ1v) is 13.1. The van der Waals surface area contributed by atoms with Crippen molar-refractivity contribution in [1.29, 1.82) is 0 Å². The van der Waals surface area contributed by atoms with Gasteiger partial charge in [0.15, 0.2) is 0 Å². The van der Waals surface area contributed by atoms with Gasteiger partial charge < -0.3 is 4.90 Å². The summed E-state index contributed by atoms with van der Waals surface area (Å²) in [4.78, 5) is 7.30. The molecule has 1 aromatic rings. The SMILES string of the molecule is CC=NC(=C/Cc1ccc(C2(CCC)CCN(CCCCCCC)C2)c(C)c1)/C(C)=C\C. The van der Waals surface area contributed by atoms with Crippen molar-refractivity contribution in [3.8, 4) is 0 Å². The summed E-state index contributed by atoms with van der Waals surface area (Å²) in [5.41, 5.74) is 7.12. The van der Waals surface area contributed by atoms with E-state index in [1.807, 2.05) is 13.1 Å². The van der Waals surface area contributed by atoms with Crippen molar-refractivity contribution in [2.75, 3.05) is 19.6 Å². The van der Waals surface area contributed by atoms with Crippen LogP contribution in [-0.4, -0.2) is 30.7 Å². The van der Waals surface area contributed by atoms with Crippen molar-refractivity contribution in [2.24, 2.45) is 4.99 Å². The topological polar surface area (TPSA) is 15.6 Å². The lowest BCUT2D eigenvalue weighted by molar-refractivity contribution is 0.293. The summed E-state index contributed by atoms with van der Waals surface area (Å²) >= 11 is 0. The number of aliphatic imine (C=N–C) groups is 1. The molecule has 1 saturated heterocycles. The fraction of sp³-hybridized carbons (Fsp3) is 0.633. The van der Waals surface area contributed by atoms with Crippen molar-refractivity contribution in [3.05, 3.63) is 58.3 Å². The maximum absolute atomic E-state index is 4.56. The summed E-state index contributed by atoms with van der Waals surface area (Å²) in [7, 11) is 0. The maximum atomic E-state index is 4.56. The molecule has 178 valence electrons. The highest BCUT2D eigenvalue weighted by molar-refractivity contribution is 5.57. The Bertz CT molecular complexity index is 786. The van der Waals surface area contributed by atoms with Crippen LogP contribution in [0.1, 0.15) is 103 Å². The number of benzene rings is 1. The summed E-state index contributed by atoms with van der Waals surface area (Å²) in [6, 6.07) is 7.24. The van der Waals surface area contributed by atoms with Gasteiger partial charge in [0.2, 0.25) is 0 Å². The molecule has 1 aromatic carbocycles. The largest absolute Gasteiger partial charge is 0.302 e. The molecule has 1 atom stereocenters. The number of hydrogen-bond acceptors (Lipinski definition) is 2. The van der Waals surface area contributed by atoms with Crippen LogP contribution in [-0.2, 0) is 11.8 Å². The van der Waals surface area contributed by atoms with Crippen LogP contribution in [0.4, 0.5) is 0 Å². The standard InChI is InChI=1S/C30H48N2/c1-7-11-12-13-14-21-32-22-20-30(24-32,19-8-2)28-17-15-27(23-26(28)6)16-18-29(31-10-4)25(5)9-3/h9-10,15,17-18,23H,7-8,11-14,16,19-22,24H2,1-6H3/b25-9-,29-18+,31-10?. The van der Waals surface area contributed by atoms with Gasteiger partial charge in [-0.05, 0) is 88.7 Å². The zero-order valence-electron chi connectivity index (χ0n) is 21.8. The molecule has 2 rings (SSSR count). The molecule has 2 heteroatoms. The molecule has 0 saturated carbocycles. The fourth-order valence-electron chi connectivity index (χ4n) is 5.39. The molecule has 1 aliphatic heterocycles. The van der Waals surface area contributed by atoms with Crippen LogP contribution < -0.4 is 0 Å². The Morgan fingerprint density at radius 2 is 1.88 bits per heavy atom. The van der Waals surface area contributed by atoms with E-state index in [1.54, 1.807) is 5.56 Å². The lowest BCUT2D eigenvalue weighted by atomic mass is 9.74. The molecule has 0 aliphatic carbocycles. The van der Waals surface area contributed by atoms with Gasteiger partial charge in [-0.15, -0.1) is 0 Å². The second-order valence-corrected chi connectivity index (χ2v) is 9.77. The third-order valence-electron chi connectivity index (χ3n) is 7.24. The van der Waals surface area contributed by atoms with Gasteiger partial charge in [0.1, 0.15) is 0 Å². The molecular formula is C30H48N2. The molecule has 2 nitrogen and oxygen atoms in total. The molecular weight excluding hydrogens is 388 g/mol. The van der Waals surface area contributed by atoms with Gasteiger partial charge >= 0.3 is 0 Å². The normalized spacial score (nSPS) is 20.6. The highest BCUT2D eigenvalue weighted by atomic mass is 15.2. The quantitative estimate of drug-likeness (QED) is 0.173. The van der Waals surface area contributed by atoms with E-state index in [0.29, 0.717) is 5.41 Å². The van der Waals surface area contributed by atoms with Gasteiger partial charge in [0.25, 0.3) is 0 Å². The molecule has 0 bridgehead atoms. The number of rotatable bonds is 13. The average molecular weight is 437 g/mol. The minimum atomic E-state index is 0.343. The van der Waals surface area contributed by atoms with Crippen molar-refractivity contribution >= 4 is 6.21 Å². The summed E-state index contributed by atoms with van der Waals surface area (Å²) in [6.07, 6.45) is 18.0. The Balaban J connectivity index is 2.11. The van der Waals surface area contributed by atoms with Crippen LogP contribution in [0.5, 0.6) is 0 Å². The summed E-state index contributed by atoms with van der Waals surface area (Å²) in [6.45, 7) is 17.0. The van der Waals surface area contributed by atoms with E-state index in [0.717, 1.165) is 12.1 Å². The Morgan fingerprint density at radius 3 is 2.53 bits per heavy atom. The lowest BCUT2D eigenvalue weighted by Gasteiger charge is -2.32. The van der Waals surface area contributed by atoms with E-state index in [2.05, 4.69) is 74.9 Å². The first kappa shape index (κ1) is 26.6. The zero-order valence-corrected chi connectivity index (χ0v) is 21.8. The number of likely N-dealkylation sites (tertiary alicyclic amines) is 1. The number of nitrogens with zero attached hydrogens (tertiary/aromatic N) is 2. The van der Waals surface area contributed by atoms with E-state index in [9.17, 15) is 0 Å². The number of aryl methyl sites for hydroxylation is 1. The van der Waals surface area contributed by atoms with Crippen LogP contribution in [0, 0.1) is 6.92 Å². The highest BCUT2D eigenvalue weighted by Gasteiger charge is 2.39. The van der Waals surface area contributed by atoms with Crippen molar-refractivity contribution < 1.29 is 0 Å². The zero-order chi connectivity index (χ0) is 23.4. The molecule has 0 spiro atoms. The van der Waals surface area contributed by atoms with Crippen LogP contribution in [0.25, 0.3) is 0 Å². The molecule has 32 heavy (non-hydrogen) atoms. The van der Waals surface area contributed by atoms with Crippen molar-refractivity contribution in [1.82, 2.24) is 4.90 Å². The van der Waals surface area contributed by atoms with Gasteiger partial charge in [-0.2, -0.15) is 0 Å². The molecule has 0 N–H and O–H groups in total. The van der Waals surface area contributed by atoms with Gasteiger partial charge in [0.05, 0.1) is 5.70 Å². The Kier molecular flexibility index (Phi) is 11.4. The first-order valence-electron chi connectivity index (χ1n) is 13.1. The number of hydrogen-bond donors (Lipinski definition) is 0. The molecule has 1 heterocycles. The predicted octanol–water partition coefficient (Wildman–Crippen LogP) is 8.19. The summed E-state index contributed by atoms with van der Waals surface area (Å²) < 4.78 is 0. The monoisotopic (exact) mass is 436 g/mol. The predicted molar refractivity (Wildman–Crippen MR) is 143 cm³/mol. The minimum absolute atomic E-state index is 0.343. The second kappa shape index (κ2) is 13.8. The molecule has 1 unspecified atom stereocenters. The molecule has 0 aromatic heterocycles. The second-order valence-electron chi connectivity index (χ2n) is 9.77. The van der Waals surface area contributed by atoms with Gasteiger partial charge in [-0.1, -0.05) is 76.3 Å². The van der Waals surface area contributed by atoms with Gasteiger partial charge in [-0.3, -0.25) is 4.99 Å². The Hall–Kier alpha value is -1.67. The highest BCUT2D eigenvalue weighted by Crippen LogP contribution is 2.40. The summed E-state index contributed by atoms with van der Waals surface area (Å²) in [5.74, 6) is 0. The molecule has 1 fully saturated rings. The third kappa shape index (κ3) is 7.44. The van der Waals surface area contributed by atoms with E-state index in [4.69, 9.17) is 0 Å². The molecule has 0 amide bonds. The van der Waals surface area contributed by atoms with E-state index < -0.39 is 0 Å². The first-order chi connectivity index (χ1) is 15.5. The fourth-order valence-corrected chi connectivity index (χ4v) is 5.39. The van der Waals surface area contributed by atoms with Crippen molar-refractivity contribution in [3.63, 3.8) is 0 Å². The summed E-state index contributed by atoms with van der Waals surface area (Å²) in [5, 5.41) is 0. The Morgan fingerprint density at radius 1 is 1.09 bits per heavy atom. The lowest BCUT2D eigenvalue weighted by Crippen LogP contribution is -2.32. The molecule has 1 aliphatic rings. The van der Waals surface area contributed by atoms with Crippen LogP contribution >= 0.6 is 0 Å². The smallest absolute Gasteiger partial charge is 0.0614 e. The van der Waals surface area contributed by atoms with Gasteiger partial charge in [-0.25, -0.2) is 0 Å². The Labute approximate surface area is 198 Å². The van der Waals surface area contributed by atoms with E-state index >= 15 is 0 Å². The van der Waals surface area contributed by atoms with Gasteiger partial charge in [0, 0.05) is 18.2 Å². The van der Waals surface area contributed by atoms with E-state index in [1.165, 1.54) is 87.7 Å². The third-order valence-corrected chi connectivity index (χ3v) is 7.24. The molecule has 0 radical (unpaired) electrons. The van der Waals surface area contributed by atoms with Crippen LogP contribution in [0.15, 0.2) is 46.6 Å². The number of unbranched alkanes of at least 4 members (excludes halogenated alkanes) is 4. The van der Waals surface area contributed by atoms with E-state index in [-0.39, 0.29) is 0 Å². The van der Waals surface area contributed by atoms with Crippen LogP contribution in [0.2, 0.25) is 0 Å². The number of allylic oxidation sites excluding steroid dienone is 3. The minimum Gasteiger partial charge on any atom is -0.302 e.